The van der Waals surface area contributed by atoms with Crippen LogP contribution in [-0.4, -0.2) is 64.0 Å². The standard InChI is InChI=1S/C23H33NO11/c1-11-4-5-14-12(2)20(32-21-23(14)13(11)8-9-22(3,33-21)34-35-23)31-18(28)7-6-16(25)24-15(19(29)30)10-17(26)27/h11-15,20-21H,4-10H2,1-3H3,(H,24,25)(H,26,27)(H,29,30). The summed E-state index contributed by atoms with van der Waals surface area (Å²) in [5, 5.41) is 19.9. The first-order valence-corrected chi connectivity index (χ1v) is 12.1. The lowest BCUT2D eigenvalue weighted by atomic mass is 9.58. The van der Waals surface area contributed by atoms with Crippen molar-refractivity contribution in [2.24, 2.45) is 23.7 Å². The molecule has 9 unspecified atom stereocenters. The third-order valence-corrected chi connectivity index (χ3v) is 7.91. The van der Waals surface area contributed by atoms with E-state index in [1.54, 1.807) is 6.92 Å². The zero-order valence-corrected chi connectivity index (χ0v) is 20.1. The Hall–Kier alpha value is -2.28. The average Bonchev–Trinajstić information content (AvgIpc) is 3.01. The maximum Gasteiger partial charge on any atom is 0.326 e. The molecule has 1 spiro atoms. The molecule has 4 heterocycles. The van der Waals surface area contributed by atoms with E-state index < -0.39 is 60.2 Å². The molecule has 12 heteroatoms. The fraction of sp³-hybridized carbons (Fsp3) is 0.826. The van der Waals surface area contributed by atoms with Gasteiger partial charge in [0.15, 0.2) is 11.9 Å². The van der Waals surface area contributed by atoms with Crippen LogP contribution in [-0.2, 0) is 43.2 Å². The molecular formula is C23H33NO11. The van der Waals surface area contributed by atoms with Crippen LogP contribution in [0.2, 0.25) is 0 Å². The molecule has 4 saturated heterocycles. The topological polar surface area (TPSA) is 167 Å². The average molecular weight is 500 g/mol. The lowest BCUT2D eigenvalue weighted by molar-refractivity contribution is -0.576. The first kappa shape index (κ1) is 25.8. The highest BCUT2D eigenvalue weighted by Crippen LogP contribution is 2.60. The summed E-state index contributed by atoms with van der Waals surface area (Å²) in [5.74, 6) is -4.94. The number of carboxylic acid groups (broad SMARTS) is 2. The molecule has 3 N–H and O–H groups in total. The molecule has 1 amide bonds. The van der Waals surface area contributed by atoms with Gasteiger partial charge in [-0.1, -0.05) is 13.8 Å². The van der Waals surface area contributed by atoms with Gasteiger partial charge in [0, 0.05) is 24.7 Å². The molecule has 12 nitrogen and oxygen atoms in total. The van der Waals surface area contributed by atoms with Crippen molar-refractivity contribution < 1.29 is 53.4 Å². The summed E-state index contributed by atoms with van der Waals surface area (Å²) in [5.41, 5.74) is -0.786. The number of amides is 1. The second-order valence-corrected chi connectivity index (χ2v) is 10.3. The zero-order valence-electron chi connectivity index (χ0n) is 20.1. The minimum atomic E-state index is -1.58. The van der Waals surface area contributed by atoms with E-state index in [4.69, 9.17) is 34.2 Å². The molecule has 1 aliphatic carbocycles. The number of ether oxygens (including phenoxy) is 3. The van der Waals surface area contributed by atoms with Gasteiger partial charge in [-0.15, -0.1) is 0 Å². The van der Waals surface area contributed by atoms with Gasteiger partial charge in [0.25, 0.3) is 0 Å². The van der Waals surface area contributed by atoms with E-state index in [2.05, 4.69) is 12.2 Å². The fourth-order valence-electron chi connectivity index (χ4n) is 6.05. The van der Waals surface area contributed by atoms with Crippen molar-refractivity contribution in [2.45, 2.75) is 95.7 Å². The largest absolute Gasteiger partial charge is 0.481 e. The predicted octanol–water partition coefficient (Wildman–Crippen LogP) is 1.56. The molecule has 4 aliphatic heterocycles. The van der Waals surface area contributed by atoms with Gasteiger partial charge in [0.05, 0.1) is 12.8 Å². The van der Waals surface area contributed by atoms with E-state index in [1.165, 1.54) is 0 Å². The smallest absolute Gasteiger partial charge is 0.326 e. The summed E-state index contributed by atoms with van der Waals surface area (Å²) in [4.78, 5) is 58.3. The predicted molar refractivity (Wildman–Crippen MR) is 114 cm³/mol. The van der Waals surface area contributed by atoms with Gasteiger partial charge in [-0.05, 0) is 38.0 Å². The number of aliphatic carboxylic acids is 2. The van der Waals surface area contributed by atoms with Crippen molar-refractivity contribution in [3.8, 4) is 0 Å². The third-order valence-electron chi connectivity index (χ3n) is 7.91. The number of fused-ring (bicyclic) bond motifs is 2. The van der Waals surface area contributed by atoms with Gasteiger partial charge in [-0.2, -0.15) is 0 Å². The van der Waals surface area contributed by atoms with E-state index in [9.17, 15) is 19.2 Å². The lowest BCUT2D eigenvalue weighted by Crippen LogP contribution is -2.70. The van der Waals surface area contributed by atoms with E-state index >= 15 is 0 Å². The Labute approximate surface area is 202 Å². The van der Waals surface area contributed by atoms with Gasteiger partial charge >= 0.3 is 17.9 Å². The minimum Gasteiger partial charge on any atom is -0.481 e. The van der Waals surface area contributed by atoms with Crippen molar-refractivity contribution in [1.82, 2.24) is 5.32 Å². The molecule has 35 heavy (non-hydrogen) atoms. The summed E-state index contributed by atoms with van der Waals surface area (Å²) in [7, 11) is 0. The number of nitrogens with one attached hydrogen (secondary N) is 1. The van der Waals surface area contributed by atoms with Crippen LogP contribution in [0.5, 0.6) is 0 Å². The highest BCUT2D eigenvalue weighted by atomic mass is 17.3. The minimum absolute atomic E-state index is 0.0291. The number of hydrogen-bond donors (Lipinski definition) is 3. The molecular weight excluding hydrogens is 466 g/mol. The van der Waals surface area contributed by atoms with Crippen molar-refractivity contribution >= 4 is 23.8 Å². The van der Waals surface area contributed by atoms with E-state index in [0.29, 0.717) is 12.3 Å². The molecule has 5 fully saturated rings. The van der Waals surface area contributed by atoms with Crippen molar-refractivity contribution in [3.05, 3.63) is 0 Å². The Balaban J connectivity index is 1.38. The first-order chi connectivity index (χ1) is 16.4. The summed E-state index contributed by atoms with van der Waals surface area (Å²) >= 11 is 0. The molecule has 5 rings (SSSR count). The molecule has 2 bridgehead atoms. The highest BCUT2D eigenvalue weighted by Gasteiger charge is 2.69. The number of esters is 1. The van der Waals surface area contributed by atoms with E-state index in [1.807, 2.05) is 6.92 Å². The quantitative estimate of drug-likeness (QED) is 0.327. The van der Waals surface area contributed by atoms with Gasteiger partial charge in [-0.3, -0.25) is 14.4 Å². The molecule has 0 radical (unpaired) electrons. The maximum atomic E-state index is 12.5. The van der Waals surface area contributed by atoms with Crippen LogP contribution in [0.25, 0.3) is 0 Å². The van der Waals surface area contributed by atoms with Crippen molar-refractivity contribution in [1.29, 1.82) is 0 Å². The van der Waals surface area contributed by atoms with Gasteiger partial charge < -0.3 is 29.7 Å². The summed E-state index contributed by atoms with van der Waals surface area (Å²) in [6, 6.07) is -1.58. The maximum absolute atomic E-state index is 12.5. The normalized spacial score (nSPS) is 40.7. The molecule has 0 aromatic rings. The van der Waals surface area contributed by atoms with Gasteiger partial charge in [0.1, 0.15) is 6.04 Å². The second kappa shape index (κ2) is 9.64. The Morgan fingerprint density at radius 3 is 2.49 bits per heavy atom. The highest BCUT2D eigenvalue weighted by molar-refractivity contribution is 5.88. The van der Waals surface area contributed by atoms with Crippen LogP contribution in [0.1, 0.15) is 65.7 Å². The Morgan fingerprint density at radius 2 is 1.80 bits per heavy atom. The van der Waals surface area contributed by atoms with Crippen LogP contribution < -0.4 is 5.32 Å². The second-order valence-electron chi connectivity index (χ2n) is 10.3. The Morgan fingerprint density at radius 1 is 1.06 bits per heavy atom. The van der Waals surface area contributed by atoms with Crippen molar-refractivity contribution in [3.63, 3.8) is 0 Å². The van der Waals surface area contributed by atoms with E-state index in [0.717, 1.165) is 19.3 Å². The number of hydrogen-bond acceptors (Lipinski definition) is 9. The van der Waals surface area contributed by atoms with Crippen LogP contribution in [0, 0.1) is 23.7 Å². The Bertz CT molecular complexity index is 880. The molecule has 196 valence electrons. The van der Waals surface area contributed by atoms with Crippen LogP contribution >= 0.6 is 0 Å². The molecule has 0 aromatic carbocycles. The number of rotatable bonds is 8. The summed E-state index contributed by atoms with van der Waals surface area (Å²) < 4.78 is 18.0. The molecule has 9 atom stereocenters. The molecule has 1 saturated carbocycles. The number of carbonyl (C=O) groups excluding carboxylic acids is 2. The lowest BCUT2D eigenvalue weighted by Gasteiger charge is -2.59. The molecule has 5 aliphatic rings. The van der Waals surface area contributed by atoms with Crippen LogP contribution in [0.15, 0.2) is 0 Å². The molecule has 0 aromatic heterocycles. The Kier molecular flexibility index (Phi) is 7.11. The van der Waals surface area contributed by atoms with Crippen LogP contribution in [0.3, 0.4) is 0 Å². The van der Waals surface area contributed by atoms with Crippen molar-refractivity contribution in [2.75, 3.05) is 0 Å². The zero-order chi connectivity index (χ0) is 25.5. The van der Waals surface area contributed by atoms with E-state index in [-0.39, 0.29) is 30.6 Å². The SMILES string of the molecule is CC1CCC2C(C)C(OC(=O)CCC(=O)NC(CC(=O)O)C(=O)O)OC3OC4(C)CCC1C32OO4. The van der Waals surface area contributed by atoms with Gasteiger partial charge in [-0.25, -0.2) is 14.6 Å². The van der Waals surface area contributed by atoms with Gasteiger partial charge in [0.2, 0.25) is 18.0 Å². The monoisotopic (exact) mass is 499 g/mol. The summed E-state index contributed by atoms with van der Waals surface area (Å²) in [6.45, 7) is 5.93. The number of carbonyl (C=O) groups is 4. The fourth-order valence-corrected chi connectivity index (χ4v) is 6.05. The van der Waals surface area contributed by atoms with Crippen LogP contribution in [0.4, 0.5) is 0 Å². The first-order valence-electron chi connectivity index (χ1n) is 12.1. The third kappa shape index (κ3) is 4.89. The summed E-state index contributed by atoms with van der Waals surface area (Å²) in [6.07, 6.45) is 0.226. The number of carboxylic acids is 2.